The molecule has 5 rings (SSSR count). The van der Waals surface area contributed by atoms with Gasteiger partial charge in [0.2, 0.25) is 0 Å². The largest absolute Gasteiger partial charge is 0.387 e. The van der Waals surface area contributed by atoms with Crippen LogP contribution in [0.3, 0.4) is 0 Å². The van der Waals surface area contributed by atoms with Crippen LogP contribution >= 0.6 is 27.3 Å². The number of hydrogen-bond acceptors (Lipinski definition) is 2. The van der Waals surface area contributed by atoms with Gasteiger partial charge in [0.1, 0.15) is 0 Å². The second-order valence-electron chi connectivity index (χ2n) is 7.24. The zero-order valence-corrected chi connectivity index (χ0v) is 13.8. The fraction of sp³-hybridized carbons (Fsp3) is 0.750. The normalized spacial score (nSPS) is 41.7. The standard InChI is InChI=1S/C16H21BrOS/c1-9-13(17)5-14(19-9)15(18)16-6-10-2-11(7-16)4-12(3-10)8-16/h5,10-12,15,18H,2-4,6-8H2,1H3. The summed E-state index contributed by atoms with van der Waals surface area (Å²) in [5, 5.41) is 11.0. The SMILES string of the molecule is Cc1sc(C(O)C23CC4CC(CC(C4)C2)C3)cc1Br. The highest BCUT2D eigenvalue weighted by molar-refractivity contribution is 9.10. The fourth-order valence-corrected chi connectivity index (χ4v) is 7.12. The number of aliphatic hydroxyl groups excluding tert-OH is 1. The monoisotopic (exact) mass is 340 g/mol. The van der Waals surface area contributed by atoms with Crippen molar-refractivity contribution < 1.29 is 5.11 Å². The van der Waals surface area contributed by atoms with Crippen LogP contribution in [0, 0.1) is 30.1 Å². The molecule has 0 spiro atoms. The molecule has 19 heavy (non-hydrogen) atoms. The summed E-state index contributed by atoms with van der Waals surface area (Å²) in [6, 6.07) is 2.16. The Balaban J connectivity index is 1.67. The van der Waals surface area contributed by atoms with E-state index >= 15 is 0 Å². The topological polar surface area (TPSA) is 20.2 Å². The number of aliphatic hydroxyl groups is 1. The molecule has 3 heteroatoms. The first-order valence-electron chi connectivity index (χ1n) is 7.50. The Labute approximate surface area is 127 Å². The zero-order chi connectivity index (χ0) is 13.2. The van der Waals surface area contributed by atoms with Crippen LogP contribution in [0.15, 0.2) is 10.5 Å². The van der Waals surface area contributed by atoms with Crippen LogP contribution in [0.1, 0.15) is 54.4 Å². The van der Waals surface area contributed by atoms with Crippen molar-refractivity contribution in [1.82, 2.24) is 0 Å². The van der Waals surface area contributed by atoms with Crippen molar-refractivity contribution in [3.05, 3.63) is 20.3 Å². The van der Waals surface area contributed by atoms with Gasteiger partial charge in [0, 0.05) is 19.6 Å². The smallest absolute Gasteiger partial charge is 0.0938 e. The van der Waals surface area contributed by atoms with E-state index in [0.29, 0.717) is 0 Å². The van der Waals surface area contributed by atoms with Gasteiger partial charge in [-0.05, 0) is 85.2 Å². The minimum atomic E-state index is -0.226. The van der Waals surface area contributed by atoms with Crippen LogP contribution in [-0.2, 0) is 0 Å². The van der Waals surface area contributed by atoms with Gasteiger partial charge in [0.05, 0.1) is 6.10 Å². The molecule has 1 unspecified atom stereocenters. The molecular formula is C16H21BrOS. The molecule has 4 aliphatic rings. The quantitative estimate of drug-likeness (QED) is 0.796. The van der Waals surface area contributed by atoms with E-state index < -0.39 is 0 Å². The van der Waals surface area contributed by atoms with Crippen LogP contribution in [0.4, 0.5) is 0 Å². The van der Waals surface area contributed by atoms with E-state index in [1.807, 2.05) is 0 Å². The van der Waals surface area contributed by atoms with Gasteiger partial charge in [-0.1, -0.05) is 0 Å². The van der Waals surface area contributed by atoms with Gasteiger partial charge >= 0.3 is 0 Å². The first-order valence-corrected chi connectivity index (χ1v) is 9.10. The minimum Gasteiger partial charge on any atom is -0.387 e. The molecular weight excluding hydrogens is 320 g/mol. The highest BCUT2D eigenvalue weighted by Gasteiger charge is 2.54. The van der Waals surface area contributed by atoms with E-state index in [1.165, 1.54) is 48.3 Å². The molecule has 1 heterocycles. The van der Waals surface area contributed by atoms with E-state index in [0.717, 1.165) is 22.2 Å². The van der Waals surface area contributed by atoms with E-state index in [2.05, 4.69) is 28.9 Å². The highest BCUT2D eigenvalue weighted by Crippen LogP contribution is 2.64. The molecule has 1 nitrogen and oxygen atoms in total. The summed E-state index contributed by atoms with van der Waals surface area (Å²) < 4.78 is 1.16. The van der Waals surface area contributed by atoms with Crippen molar-refractivity contribution in [1.29, 1.82) is 0 Å². The van der Waals surface area contributed by atoms with Crippen LogP contribution in [0.25, 0.3) is 0 Å². The number of halogens is 1. The summed E-state index contributed by atoms with van der Waals surface area (Å²) in [6.07, 6.45) is 7.92. The molecule has 1 aromatic rings. The molecule has 4 aliphatic carbocycles. The molecule has 104 valence electrons. The second kappa shape index (κ2) is 4.32. The van der Waals surface area contributed by atoms with Crippen LogP contribution in [-0.4, -0.2) is 5.11 Å². The lowest BCUT2D eigenvalue weighted by Gasteiger charge is -2.58. The molecule has 0 amide bonds. The Morgan fingerprint density at radius 2 is 1.74 bits per heavy atom. The predicted molar refractivity (Wildman–Crippen MR) is 82.3 cm³/mol. The van der Waals surface area contributed by atoms with Crippen molar-refractivity contribution in [3.63, 3.8) is 0 Å². The average molecular weight is 341 g/mol. The number of thiophene rings is 1. The summed E-state index contributed by atoms with van der Waals surface area (Å²) in [5.74, 6) is 2.72. The van der Waals surface area contributed by atoms with Crippen molar-refractivity contribution in [2.24, 2.45) is 23.2 Å². The first kappa shape index (κ1) is 12.8. The van der Waals surface area contributed by atoms with E-state index in [-0.39, 0.29) is 11.5 Å². The number of rotatable bonds is 2. The number of aryl methyl sites for hydroxylation is 1. The van der Waals surface area contributed by atoms with Crippen LogP contribution in [0.5, 0.6) is 0 Å². The third-order valence-electron chi connectivity index (χ3n) is 5.81. The Bertz CT molecular complexity index is 452. The highest BCUT2D eigenvalue weighted by atomic mass is 79.9. The van der Waals surface area contributed by atoms with E-state index in [4.69, 9.17) is 0 Å². The Hall–Kier alpha value is 0.140. The van der Waals surface area contributed by atoms with Gasteiger partial charge in [-0.2, -0.15) is 0 Å². The maximum Gasteiger partial charge on any atom is 0.0938 e. The molecule has 4 saturated carbocycles. The molecule has 1 N–H and O–H groups in total. The van der Waals surface area contributed by atoms with Crippen molar-refractivity contribution >= 4 is 27.3 Å². The van der Waals surface area contributed by atoms with E-state index in [9.17, 15) is 5.11 Å². The third kappa shape index (κ3) is 1.96. The number of hydrogen-bond donors (Lipinski definition) is 1. The second-order valence-corrected chi connectivity index (χ2v) is 9.38. The van der Waals surface area contributed by atoms with E-state index in [1.54, 1.807) is 11.3 Å². The van der Waals surface area contributed by atoms with Gasteiger partial charge in [-0.15, -0.1) is 11.3 Å². The van der Waals surface area contributed by atoms with Gasteiger partial charge in [0.15, 0.2) is 0 Å². The molecule has 0 aromatic carbocycles. The summed E-state index contributed by atoms with van der Waals surface area (Å²) in [6.45, 7) is 2.13. The molecule has 0 aliphatic heterocycles. The summed E-state index contributed by atoms with van der Waals surface area (Å²) in [7, 11) is 0. The Morgan fingerprint density at radius 1 is 1.21 bits per heavy atom. The molecule has 0 radical (unpaired) electrons. The van der Waals surface area contributed by atoms with Gasteiger partial charge in [-0.3, -0.25) is 0 Å². The zero-order valence-electron chi connectivity index (χ0n) is 11.4. The average Bonchev–Trinajstić information content (AvgIpc) is 2.67. The Morgan fingerprint density at radius 3 is 2.16 bits per heavy atom. The van der Waals surface area contributed by atoms with Gasteiger partial charge < -0.3 is 5.11 Å². The predicted octanol–water partition coefficient (Wildman–Crippen LogP) is 5.07. The van der Waals surface area contributed by atoms with Crippen molar-refractivity contribution in [2.75, 3.05) is 0 Å². The van der Waals surface area contributed by atoms with Crippen LogP contribution in [0.2, 0.25) is 0 Å². The van der Waals surface area contributed by atoms with Gasteiger partial charge in [0.25, 0.3) is 0 Å². The summed E-state index contributed by atoms with van der Waals surface area (Å²) >= 11 is 5.37. The molecule has 4 bridgehead atoms. The lowest BCUT2D eigenvalue weighted by Crippen LogP contribution is -2.48. The first-order chi connectivity index (χ1) is 9.06. The molecule has 4 fully saturated rings. The lowest BCUT2D eigenvalue weighted by atomic mass is 9.48. The van der Waals surface area contributed by atoms with Crippen molar-refractivity contribution in [3.8, 4) is 0 Å². The van der Waals surface area contributed by atoms with Crippen LogP contribution < -0.4 is 0 Å². The molecule has 0 saturated heterocycles. The molecule has 1 atom stereocenters. The lowest BCUT2D eigenvalue weighted by molar-refractivity contribution is -0.121. The maximum atomic E-state index is 11.0. The summed E-state index contributed by atoms with van der Waals surface area (Å²) in [5.41, 5.74) is 0.214. The molecule has 1 aromatic heterocycles. The van der Waals surface area contributed by atoms with Crippen molar-refractivity contribution in [2.45, 2.75) is 51.6 Å². The summed E-state index contributed by atoms with van der Waals surface area (Å²) in [4.78, 5) is 2.48. The van der Waals surface area contributed by atoms with Gasteiger partial charge in [-0.25, -0.2) is 0 Å². The minimum absolute atomic E-state index is 0.214. The Kier molecular flexibility index (Phi) is 2.92. The maximum absolute atomic E-state index is 11.0. The fourth-order valence-electron chi connectivity index (χ4n) is 5.43. The third-order valence-corrected chi connectivity index (χ3v) is 8.00.